The number of hydrogen-bond acceptors (Lipinski definition) is 8. The van der Waals surface area contributed by atoms with Gasteiger partial charge >= 0.3 is 5.92 Å². The number of aldehydes is 1. The van der Waals surface area contributed by atoms with E-state index in [2.05, 4.69) is 20.6 Å². The molecule has 4 heterocycles. The van der Waals surface area contributed by atoms with Crippen LogP contribution in [-0.2, 0) is 11.8 Å². The van der Waals surface area contributed by atoms with Gasteiger partial charge in [-0.2, -0.15) is 4.98 Å². The number of aryl methyl sites for hydroxylation is 1. The maximum Gasteiger partial charge on any atom is 0.301 e. The van der Waals surface area contributed by atoms with E-state index in [1.807, 2.05) is 4.90 Å². The van der Waals surface area contributed by atoms with Crippen molar-refractivity contribution in [1.29, 1.82) is 0 Å². The van der Waals surface area contributed by atoms with Crippen molar-refractivity contribution in [2.75, 3.05) is 35.2 Å². The van der Waals surface area contributed by atoms with Crippen LogP contribution in [0.1, 0.15) is 25.7 Å². The van der Waals surface area contributed by atoms with Crippen LogP contribution >= 0.6 is 0 Å². The minimum Gasteiger partial charge on any atom is -0.480 e. The van der Waals surface area contributed by atoms with Crippen molar-refractivity contribution >= 4 is 40.3 Å². The molecule has 12 heteroatoms. The molecule has 3 aliphatic rings. The zero-order chi connectivity index (χ0) is 26.6. The van der Waals surface area contributed by atoms with Crippen LogP contribution < -0.4 is 25.8 Å². The number of halogens is 3. The Morgan fingerprint density at radius 3 is 2.68 bits per heavy atom. The lowest BCUT2D eigenvalue weighted by atomic mass is 9.99. The van der Waals surface area contributed by atoms with E-state index in [4.69, 9.17) is 4.74 Å². The van der Waals surface area contributed by atoms with Crippen LogP contribution in [0.25, 0.3) is 10.9 Å². The van der Waals surface area contributed by atoms with Crippen LogP contribution in [0.3, 0.4) is 0 Å². The number of rotatable bonds is 5. The van der Waals surface area contributed by atoms with Crippen molar-refractivity contribution in [3.63, 3.8) is 0 Å². The summed E-state index contributed by atoms with van der Waals surface area (Å²) in [5, 5.41) is 6.40. The third-order valence-corrected chi connectivity index (χ3v) is 7.62. The molecule has 2 N–H and O–H groups in total. The first-order valence-corrected chi connectivity index (χ1v) is 12.7. The molecular weight excluding hydrogens is 501 g/mol. The van der Waals surface area contributed by atoms with Gasteiger partial charge in [0.2, 0.25) is 11.7 Å². The Labute approximate surface area is 216 Å². The van der Waals surface area contributed by atoms with E-state index >= 15 is 0 Å². The number of piperidine rings is 1. The van der Waals surface area contributed by atoms with Gasteiger partial charge in [0, 0.05) is 37.1 Å². The number of ether oxygens (including phenoxy) is 1. The number of nitrogens with one attached hydrogen (secondary N) is 2. The summed E-state index contributed by atoms with van der Waals surface area (Å²) in [4.78, 5) is 34.4. The Morgan fingerprint density at radius 1 is 1.21 bits per heavy atom. The highest BCUT2D eigenvalue weighted by Gasteiger charge is 2.51. The average molecular weight is 529 g/mol. The van der Waals surface area contributed by atoms with E-state index in [0.29, 0.717) is 61.3 Å². The molecule has 2 fully saturated rings. The molecule has 1 atom stereocenters. The van der Waals surface area contributed by atoms with Gasteiger partial charge in [0.15, 0.2) is 18.2 Å². The molecule has 2 aliphatic heterocycles. The van der Waals surface area contributed by atoms with Gasteiger partial charge in [-0.1, -0.05) is 0 Å². The Balaban J connectivity index is 1.36. The SMILES string of the molecule is Cn1c(=O)c2c(c3cc(Nc4nc(N5CCC(C=O)CC5)ncc4F)ccc31)N[C@@H](C1CC1)C(F)(F)CO2. The Bertz CT molecular complexity index is 1470. The van der Waals surface area contributed by atoms with Crippen LogP contribution in [-0.4, -0.2) is 52.5 Å². The highest BCUT2D eigenvalue weighted by Crippen LogP contribution is 2.45. The predicted molar refractivity (Wildman–Crippen MR) is 136 cm³/mol. The first kappa shape index (κ1) is 24.5. The molecule has 1 aromatic carbocycles. The van der Waals surface area contributed by atoms with Gasteiger partial charge in [-0.15, -0.1) is 0 Å². The topological polar surface area (TPSA) is 101 Å². The van der Waals surface area contributed by atoms with Crippen LogP contribution in [0.4, 0.5) is 36.3 Å². The van der Waals surface area contributed by atoms with Gasteiger partial charge in [-0.3, -0.25) is 4.79 Å². The predicted octanol–water partition coefficient (Wildman–Crippen LogP) is 3.84. The molecule has 38 heavy (non-hydrogen) atoms. The molecule has 0 bridgehead atoms. The number of carbonyl (C=O) groups excluding carboxylic acids is 1. The molecule has 1 saturated heterocycles. The maximum atomic E-state index is 14.9. The van der Waals surface area contributed by atoms with E-state index in [9.17, 15) is 22.8 Å². The first-order valence-electron chi connectivity index (χ1n) is 12.7. The highest BCUT2D eigenvalue weighted by molar-refractivity contribution is 5.97. The number of alkyl halides is 2. The zero-order valence-electron chi connectivity index (χ0n) is 20.7. The number of anilines is 4. The first-order chi connectivity index (χ1) is 18.2. The van der Waals surface area contributed by atoms with Crippen molar-refractivity contribution in [3.05, 3.63) is 40.6 Å². The quantitative estimate of drug-likeness (QED) is 0.482. The minimum absolute atomic E-state index is 0.00466. The summed E-state index contributed by atoms with van der Waals surface area (Å²) >= 11 is 0. The van der Waals surface area contributed by atoms with Gasteiger partial charge in [0.25, 0.3) is 5.56 Å². The number of carbonyl (C=O) groups is 1. The molecule has 0 amide bonds. The molecule has 1 aliphatic carbocycles. The van der Waals surface area contributed by atoms with E-state index in [0.717, 1.165) is 12.5 Å². The zero-order valence-corrected chi connectivity index (χ0v) is 20.7. The monoisotopic (exact) mass is 528 g/mol. The molecule has 0 unspecified atom stereocenters. The van der Waals surface area contributed by atoms with E-state index in [-0.39, 0.29) is 29.1 Å². The Kier molecular flexibility index (Phi) is 5.92. The van der Waals surface area contributed by atoms with Crippen molar-refractivity contribution in [3.8, 4) is 5.75 Å². The molecule has 2 aromatic heterocycles. The number of fused-ring (bicyclic) bond motifs is 3. The lowest BCUT2D eigenvalue weighted by molar-refractivity contribution is -0.111. The lowest BCUT2D eigenvalue weighted by Crippen LogP contribution is -2.44. The van der Waals surface area contributed by atoms with E-state index < -0.39 is 29.9 Å². The van der Waals surface area contributed by atoms with Crippen molar-refractivity contribution in [1.82, 2.24) is 14.5 Å². The molecule has 0 spiro atoms. The normalized spacial score (nSPS) is 21.3. The summed E-state index contributed by atoms with van der Waals surface area (Å²) in [5.74, 6) is -3.86. The second-order valence-electron chi connectivity index (χ2n) is 10.3. The van der Waals surface area contributed by atoms with Gasteiger partial charge in [-0.25, -0.2) is 18.2 Å². The average Bonchev–Trinajstić information content (AvgIpc) is 3.76. The van der Waals surface area contributed by atoms with Crippen LogP contribution in [0, 0.1) is 17.7 Å². The smallest absolute Gasteiger partial charge is 0.301 e. The van der Waals surface area contributed by atoms with E-state index in [1.54, 1.807) is 25.2 Å². The maximum absolute atomic E-state index is 14.9. The van der Waals surface area contributed by atoms with Gasteiger partial charge < -0.3 is 29.6 Å². The summed E-state index contributed by atoms with van der Waals surface area (Å²) in [6.45, 7) is 0.290. The molecule has 200 valence electrons. The third kappa shape index (κ3) is 4.31. The van der Waals surface area contributed by atoms with Crippen LogP contribution in [0.2, 0.25) is 0 Å². The second-order valence-corrected chi connectivity index (χ2v) is 10.3. The summed E-state index contributed by atoms with van der Waals surface area (Å²) < 4.78 is 51.2. The van der Waals surface area contributed by atoms with Crippen molar-refractivity contribution in [2.45, 2.75) is 37.6 Å². The fourth-order valence-corrected chi connectivity index (χ4v) is 5.26. The van der Waals surface area contributed by atoms with Gasteiger partial charge in [-0.05, 0) is 49.8 Å². The summed E-state index contributed by atoms with van der Waals surface area (Å²) in [6.07, 6.45) is 4.76. The Hall–Kier alpha value is -3.83. The number of nitrogens with zero attached hydrogens (tertiary/aromatic N) is 4. The molecule has 9 nitrogen and oxygen atoms in total. The molecule has 3 aromatic rings. The largest absolute Gasteiger partial charge is 0.480 e. The fraction of sp³-hybridized carbons (Fsp3) is 0.462. The van der Waals surface area contributed by atoms with Crippen LogP contribution in [0.15, 0.2) is 29.2 Å². The number of aromatic nitrogens is 3. The lowest BCUT2D eigenvalue weighted by Gasteiger charge is -2.29. The van der Waals surface area contributed by atoms with Gasteiger partial charge in [0.05, 0.1) is 23.4 Å². The summed E-state index contributed by atoms with van der Waals surface area (Å²) in [6, 6.07) is 3.84. The Morgan fingerprint density at radius 2 is 1.97 bits per heavy atom. The number of benzene rings is 1. The summed E-state index contributed by atoms with van der Waals surface area (Å²) in [7, 11) is 1.55. The minimum atomic E-state index is -3.14. The highest BCUT2D eigenvalue weighted by atomic mass is 19.3. The number of hydrogen-bond donors (Lipinski definition) is 2. The van der Waals surface area contributed by atoms with Crippen molar-refractivity contribution < 1.29 is 22.7 Å². The molecule has 0 radical (unpaired) electrons. The third-order valence-electron chi connectivity index (χ3n) is 7.62. The second kappa shape index (κ2) is 9.17. The van der Waals surface area contributed by atoms with Gasteiger partial charge in [0.1, 0.15) is 6.29 Å². The molecular formula is C26H27F3N6O3. The number of pyridine rings is 1. The van der Waals surface area contributed by atoms with E-state index in [1.165, 1.54) is 4.57 Å². The van der Waals surface area contributed by atoms with Crippen LogP contribution in [0.5, 0.6) is 5.75 Å². The fourth-order valence-electron chi connectivity index (χ4n) is 5.26. The van der Waals surface area contributed by atoms with Crippen molar-refractivity contribution in [2.24, 2.45) is 18.9 Å². The molecule has 6 rings (SSSR count). The molecule has 1 saturated carbocycles. The summed E-state index contributed by atoms with van der Waals surface area (Å²) in [5.41, 5.74) is 0.653. The standard InChI is InChI=1S/C26H27F3N6O3/c1-34-19-5-4-16(31-23-18(27)11-30-25(33-23)35-8-6-14(12-36)7-9-35)10-17(19)20-21(24(34)37)38-13-26(28,29)22(32-20)15-2-3-15/h4-5,10-12,14-15,22,32H,2-3,6-9,13H2,1H3,(H,30,31,33)/t22-/m0/s1.